The highest BCUT2D eigenvalue weighted by molar-refractivity contribution is 5.78. The van der Waals surface area contributed by atoms with Crippen LogP contribution in [-0.2, 0) is 4.79 Å². The summed E-state index contributed by atoms with van der Waals surface area (Å²) < 4.78 is 0. The van der Waals surface area contributed by atoms with E-state index in [2.05, 4.69) is 12.2 Å². The van der Waals surface area contributed by atoms with Crippen molar-refractivity contribution in [3.63, 3.8) is 0 Å². The summed E-state index contributed by atoms with van der Waals surface area (Å²) >= 11 is 0. The minimum absolute atomic E-state index is 0.492. The molecule has 0 radical (unpaired) electrons. The van der Waals surface area contributed by atoms with Gasteiger partial charge in [-0.2, -0.15) is 0 Å². The number of carboxylic acids is 1. The number of aliphatic carboxylic acids is 1. The zero-order valence-corrected chi connectivity index (χ0v) is 9.46. The van der Waals surface area contributed by atoms with E-state index in [4.69, 9.17) is 5.73 Å². The van der Waals surface area contributed by atoms with Gasteiger partial charge in [0.15, 0.2) is 0 Å². The minimum atomic E-state index is -0.717. The molecule has 0 atom stereocenters. The van der Waals surface area contributed by atoms with Gasteiger partial charge in [-0.15, -0.1) is 0 Å². The standard InChI is InChI=1S/C11H22N2O2/c1-2-9-3-5-11(6-4-9,10(14)15)13-8-7-12/h9,13H,2-8,12H2,1H3,(H,14,15). The number of rotatable bonds is 5. The van der Waals surface area contributed by atoms with Crippen molar-refractivity contribution in [2.45, 2.75) is 44.6 Å². The second-order valence-electron chi connectivity index (χ2n) is 4.45. The van der Waals surface area contributed by atoms with E-state index in [0.29, 0.717) is 19.0 Å². The van der Waals surface area contributed by atoms with Crippen molar-refractivity contribution in [1.29, 1.82) is 0 Å². The van der Waals surface area contributed by atoms with E-state index in [9.17, 15) is 9.90 Å². The van der Waals surface area contributed by atoms with Crippen LogP contribution in [0.25, 0.3) is 0 Å². The molecular weight excluding hydrogens is 192 g/mol. The van der Waals surface area contributed by atoms with Crippen LogP contribution in [0.5, 0.6) is 0 Å². The van der Waals surface area contributed by atoms with Crippen molar-refractivity contribution in [3.8, 4) is 0 Å². The molecular formula is C11H22N2O2. The molecule has 0 saturated heterocycles. The number of carbonyl (C=O) groups is 1. The average molecular weight is 214 g/mol. The Kier molecular flexibility index (Phi) is 4.54. The molecule has 1 aliphatic rings. The van der Waals surface area contributed by atoms with Crippen LogP contribution in [-0.4, -0.2) is 29.7 Å². The highest BCUT2D eigenvalue weighted by atomic mass is 16.4. The van der Waals surface area contributed by atoms with Gasteiger partial charge < -0.3 is 16.2 Å². The molecule has 1 rings (SSSR count). The zero-order valence-electron chi connectivity index (χ0n) is 9.46. The van der Waals surface area contributed by atoms with Gasteiger partial charge in [0.25, 0.3) is 0 Å². The third-order valence-electron chi connectivity index (χ3n) is 3.55. The first-order valence-electron chi connectivity index (χ1n) is 5.83. The van der Waals surface area contributed by atoms with Gasteiger partial charge in [0.2, 0.25) is 0 Å². The molecule has 15 heavy (non-hydrogen) atoms. The van der Waals surface area contributed by atoms with Crippen molar-refractivity contribution >= 4 is 5.97 Å². The number of nitrogens with two attached hydrogens (primary N) is 1. The second-order valence-corrected chi connectivity index (χ2v) is 4.45. The second kappa shape index (κ2) is 5.47. The summed E-state index contributed by atoms with van der Waals surface area (Å²) in [6.45, 7) is 3.25. The quantitative estimate of drug-likeness (QED) is 0.637. The van der Waals surface area contributed by atoms with Crippen LogP contribution < -0.4 is 11.1 Å². The summed E-state index contributed by atoms with van der Waals surface area (Å²) in [5.74, 6) is -0.0114. The van der Waals surface area contributed by atoms with Crippen LogP contribution in [0.3, 0.4) is 0 Å². The predicted octanol–water partition coefficient (Wildman–Crippen LogP) is 0.958. The topological polar surface area (TPSA) is 75.3 Å². The first-order valence-corrected chi connectivity index (χ1v) is 5.83. The Balaban J connectivity index is 2.56. The Hall–Kier alpha value is -0.610. The third-order valence-corrected chi connectivity index (χ3v) is 3.55. The molecule has 0 spiro atoms. The summed E-state index contributed by atoms with van der Waals surface area (Å²) in [7, 11) is 0. The molecule has 0 amide bonds. The van der Waals surface area contributed by atoms with Crippen molar-refractivity contribution < 1.29 is 9.90 Å². The first kappa shape index (κ1) is 12.5. The van der Waals surface area contributed by atoms with E-state index < -0.39 is 11.5 Å². The lowest BCUT2D eigenvalue weighted by atomic mass is 9.75. The molecule has 1 saturated carbocycles. The Morgan fingerprint density at radius 2 is 2.13 bits per heavy atom. The van der Waals surface area contributed by atoms with E-state index in [1.54, 1.807) is 0 Å². The van der Waals surface area contributed by atoms with Gasteiger partial charge in [0, 0.05) is 13.1 Å². The van der Waals surface area contributed by atoms with Crippen molar-refractivity contribution in [3.05, 3.63) is 0 Å². The molecule has 0 aromatic rings. The maximum atomic E-state index is 11.3. The lowest BCUT2D eigenvalue weighted by Crippen LogP contribution is -2.55. The van der Waals surface area contributed by atoms with Gasteiger partial charge >= 0.3 is 5.97 Å². The summed E-state index contributed by atoms with van der Waals surface area (Å²) in [5.41, 5.74) is 4.70. The molecule has 88 valence electrons. The van der Waals surface area contributed by atoms with Crippen molar-refractivity contribution in [2.24, 2.45) is 11.7 Å². The highest BCUT2D eigenvalue weighted by Crippen LogP contribution is 2.33. The Morgan fingerprint density at radius 3 is 2.53 bits per heavy atom. The summed E-state index contributed by atoms with van der Waals surface area (Å²) in [6, 6.07) is 0. The lowest BCUT2D eigenvalue weighted by Gasteiger charge is -2.37. The van der Waals surface area contributed by atoms with Gasteiger partial charge in [-0.25, -0.2) is 0 Å². The van der Waals surface area contributed by atoms with E-state index in [0.717, 1.165) is 32.1 Å². The maximum absolute atomic E-state index is 11.3. The predicted molar refractivity (Wildman–Crippen MR) is 59.7 cm³/mol. The van der Waals surface area contributed by atoms with E-state index in [1.807, 2.05) is 0 Å². The fraction of sp³-hybridized carbons (Fsp3) is 0.909. The molecule has 0 bridgehead atoms. The summed E-state index contributed by atoms with van der Waals surface area (Å²) in [6.07, 6.45) is 4.66. The average Bonchev–Trinajstić information content (AvgIpc) is 2.27. The highest BCUT2D eigenvalue weighted by Gasteiger charge is 2.40. The first-order chi connectivity index (χ1) is 7.14. The van der Waals surface area contributed by atoms with E-state index >= 15 is 0 Å². The van der Waals surface area contributed by atoms with Crippen LogP contribution in [0, 0.1) is 5.92 Å². The van der Waals surface area contributed by atoms with Gasteiger partial charge in [-0.3, -0.25) is 4.79 Å². The fourth-order valence-corrected chi connectivity index (χ4v) is 2.36. The molecule has 0 aromatic carbocycles. The van der Waals surface area contributed by atoms with Gasteiger partial charge in [0.1, 0.15) is 5.54 Å². The zero-order chi connectivity index (χ0) is 11.3. The van der Waals surface area contributed by atoms with Crippen molar-refractivity contribution in [2.75, 3.05) is 13.1 Å². The van der Waals surface area contributed by atoms with Crippen LogP contribution in [0.2, 0.25) is 0 Å². The molecule has 1 aliphatic carbocycles. The monoisotopic (exact) mass is 214 g/mol. The van der Waals surface area contributed by atoms with E-state index in [-0.39, 0.29) is 0 Å². The van der Waals surface area contributed by atoms with Gasteiger partial charge in [-0.1, -0.05) is 13.3 Å². The smallest absolute Gasteiger partial charge is 0.323 e. The minimum Gasteiger partial charge on any atom is -0.480 e. The van der Waals surface area contributed by atoms with Crippen molar-refractivity contribution in [1.82, 2.24) is 5.32 Å². The maximum Gasteiger partial charge on any atom is 0.323 e. The molecule has 1 fully saturated rings. The van der Waals surface area contributed by atoms with Gasteiger partial charge in [0.05, 0.1) is 0 Å². The van der Waals surface area contributed by atoms with E-state index in [1.165, 1.54) is 0 Å². The Morgan fingerprint density at radius 1 is 1.53 bits per heavy atom. The van der Waals surface area contributed by atoms with Crippen LogP contribution in [0.4, 0.5) is 0 Å². The molecule has 4 nitrogen and oxygen atoms in total. The molecule has 0 aromatic heterocycles. The molecule has 4 N–H and O–H groups in total. The molecule has 0 heterocycles. The van der Waals surface area contributed by atoms with Crippen LogP contribution in [0.1, 0.15) is 39.0 Å². The van der Waals surface area contributed by atoms with Crippen LogP contribution in [0.15, 0.2) is 0 Å². The summed E-state index contributed by atoms with van der Waals surface area (Å²) in [5, 5.41) is 12.4. The molecule has 0 unspecified atom stereocenters. The Bertz CT molecular complexity index is 211. The SMILES string of the molecule is CCC1CCC(NCCN)(C(=O)O)CC1. The number of hydrogen-bond acceptors (Lipinski definition) is 3. The van der Waals surface area contributed by atoms with Gasteiger partial charge in [-0.05, 0) is 31.6 Å². The normalized spacial score (nSPS) is 31.5. The number of carboxylic acid groups (broad SMARTS) is 1. The lowest BCUT2D eigenvalue weighted by molar-refractivity contribution is -0.146. The fourth-order valence-electron chi connectivity index (χ4n) is 2.36. The number of nitrogens with one attached hydrogen (secondary N) is 1. The third kappa shape index (κ3) is 2.92. The van der Waals surface area contributed by atoms with Crippen LogP contribution >= 0.6 is 0 Å². The molecule has 4 heteroatoms. The summed E-state index contributed by atoms with van der Waals surface area (Å²) in [4.78, 5) is 11.3. The largest absolute Gasteiger partial charge is 0.480 e. The molecule has 0 aliphatic heterocycles. The Labute approximate surface area is 91.2 Å². The number of hydrogen-bond donors (Lipinski definition) is 3.